The van der Waals surface area contributed by atoms with Gasteiger partial charge in [-0.3, -0.25) is 4.98 Å². The summed E-state index contributed by atoms with van der Waals surface area (Å²) in [5, 5.41) is 0. The highest BCUT2D eigenvalue weighted by Crippen LogP contribution is 2.04. The molecule has 72 valence electrons. The summed E-state index contributed by atoms with van der Waals surface area (Å²) in [5.74, 6) is 0. The summed E-state index contributed by atoms with van der Waals surface area (Å²) < 4.78 is 0. The number of aromatic nitrogens is 1. The number of rotatable bonds is 4. The van der Waals surface area contributed by atoms with Gasteiger partial charge in [0.15, 0.2) is 0 Å². The summed E-state index contributed by atoms with van der Waals surface area (Å²) in [6.07, 6.45) is 10.5. The molecule has 1 heterocycles. The van der Waals surface area contributed by atoms with Crippen LogP contribution in [0.3, 0.4) is 0 Å². The molecule has 0 N–H and O–H groups in total. The third-order valence-electron chi connectivity index (χ3n) is 1.81. The van der Waals surface area contributed by atoms with Gasteiger partial charge in [-0.05, 0) is 19.1 Å². The van der Waals surface area contributed by atoms with Crippen LogP contribution in [-0.4, -0.2) is 4.98 Å². The van der Waals surface area contributed by atoms with Crippen molar-refractivity contribution >= 4 is 0 Å². The van der Waals surface area contributed by atoms with E-state index in [1.54, 1.807) is 6.08 Å². The molecule has 0 unspecified atom stereocenters. The van der Waals surface area contributed by atoms with Gasteiger partial charge in [-0.1, -0.05) is 42.5 Å². The highest BCUT2D eigenvalue weighted by atomic mass is 14.7. The first-order chi connectivity index (χ1) is 6.83. The Morgan fingerprint density at radius 2 is 2.29 bits per heavy atom. The fourth-order valence-corrected chi connectivity index (χ4v) is 1.15. The van der Waals surface area contributed by atoms with Crippen LogP contribution >= 0.6 is 0 Å². The smallest absolute Gasteiger partial charge is 0.0444 e. The predicted molar refractivity (Wildman–Crippen MR) is 61.0 cm³/mol. The second kappa shape index (κ2) is 5.92. The Labute approximate surface area is 85.5 Å². The van der Waals surface area contributed by atoms with Crippen LogP contribution in [0.15, 0.2) is 60.9 Å². The molecule has 1 aromatic rings. The zero-order valence-electron chi connectivity index (χ0n) is 8.48. The lowest BCUT2D eigenvalue weighted by Crippen LogP contribution is -1.89. The fraction of sp³-hybridized carbons (Fsp3) is 0.154. The van der Waals surface area contributed by atoms with Crippen LogP contribution in [0, 0.1) is 0 Å². The fourth-order valence-electron chi connectivity index (χ4n) is 1.15. The molecule has 0 amide bonds. The molecule has 1 aromatic heterocycles. The minimum Gasteiger partial charge on any atom is -0.261 e. The van der Waals surface area contributed by atoms with Crippen molar-refractivity contribution < 1.29 is 0 Å². The van der Waals surface area contributed by atoms with Crippen molar-refractivity contribution in [3.63, 3.8) is 0 Å². The Balaban J connectivity index is 2.57. The summed E-state index contributed by atoms with van der Waals surface area (Å²) >= 11 is 0. The second-order valence-corrected chi connectivity index (χ2v) is 3.13. The van der Waals surface area contributed by atoms with Gasteiger partial charge in [0, 0.05) is 18.3 Å². The van der Waals surface area contributed by atoms with Crippen molar-refractivity contribution in [3.05, 3.63) is 66.5 Å². The standard InChI is InChI=1S/C13H15N/c1-3-4-5-8-12(2)11-13-9-6-7-10-14-13/h3-10H,1,11H2,2H3/b5-4-,12-8+. The molecule has 1 heteroatoms. The van der Waals surface area contributed by atoms with E-state index < -0.39 is 0 Å². The Kier molecular flexibility index (Phi) is 4.42. The average molecular weight is 185 g/mol. The van der Waals surface area contributed by atoms with Gasteiger partial charge in [0.1, 0.15) is 0 Å². The minimum absolute atomic E-state index is 0.905. The van der Waals surface area contributed by atoms with E-state index >= 15 is 0 Å². The predicted octanol–water partition coefficient (Wildman–Crippen LogP) is 3.31. The first-order valence-corrected chi connectivity index (χ1v) is 4.67. The Hall–Kier alpha value is -1.63. The molecule has 0 spiro atoms. The van der Waals surface area contributed by atoms with E-state index in [0.717, 1.165) is 12.1 Å². The molecule has 0 saturated heterocycles. The van der Waals surface area contributed by atoms with E-state index in [0.29, 0.717) is 0 Å². The van der Waals surface area contributed by atoms with E-state index in [-0.39, 0.29) is 0 Å². The molecule has 0 fully saturated rings. The summed E-state index contributed by atoms with van der Waals surface area (Å²) in [6, 6.07) is 5.98. The van der Waals surface area contributed by atoms with E-state index in [2.05, 4.69) is 24.6 Å². The van der Waals surface area contributed by atoms with Gasteiger partial charge in [0.2, 0.25) is 0 Å². The van der Waals surface area contributed by atoms with Crippen LogP contribution in [0.2, 0.25) is 0 Å². The van der Waals surface area contributed by atoms with Gasteiger partial charge < -0.3 is 0 Å². The van der Waals surface area contributed by atoms with Crippen LogP contribution in [0.4, 0.5) is 0 Å². The molecule has 0 radical (unpaired) electrons. The molecule has 0 aromatic carbocycles. The van der Waals surface area contributed by atoms with Crippen molar-refractivity contribution in [2.75, 3.05) is 0 Å². The average Bonchev–Trinajstić information content (AvgIpc) is 2.20. The highest BCUT2D eigenvalue weighted by Gasteiger charge is 1.92. The number of hydrogen-bond acceptors (Lipinski definition) is 1. The zero-order valence-corrected chi connectivity index (χ0v) is 8.48. The molecular formula is C13H15N. The van der Waals surface area contributed by atoms with Crippen LogP contribution in [0.5, 0.6) is 0 Å². The molecule has 1 nitrogen and oxygen atoms in total. The molecule has 0 bridgehead atoms. The van der Waals surface area contributed by atoms with Crippen molar-refractivity contribution in [2.24, 2.45) is 0 Å². The quantitative estimate of drug-likeness (QED) is 0.656. The van der Waals surface area contributed by atoms with E-state index in [1.807, 2.05) is 36.5 Å². The van der Waals surface area contributed by atoms with Gasteiger partial charge >= 0.3 is 0 Å². The lowest BCUT2D eigenvalue weighted by atomic mass is 10.1. The molecule has 1 rings (SSSR count). The second-order valence-electron chi connectivity index (χ2n) is 3.13. The van der Waals surface area contributed by atoms with E-state index in [1.165, 1.54) is 5.57 Å². The number of allylic oxidation sites excluding steroid dienone is 5. The molecule has 0 aliphatic carbocycles. The Bertz CT molecular complexity index is 334. The molecular weight excluding hydrogens is 170 g/mol. The normalized spacial score (nSPS) is 11.9. The van der Waals surface area contributed by atoms with Crippen molar-refractivity contribution in [3.8, 4) is 0 Å². The monoisotopic (exact) mass is 185 g/mol. The maximum Gasteiger partial charge on any atom is 0.0444 e. The highest BCUT2D eigenvalue weighted by molar-refractivity contribution is 5.19. The van der Waals surface area contributed by atoms with Crippen LogP contribution < -0.4 is 0 Å². The third-order valence-corrected chi connectivity index (χ3v) is 1.81. The summed E-state index contributed by atoms with van der Waals surface area (Å²) in [6.45, 7) is 5.71. The van der Waals surface area contributed by atoms with E-state index in [9.17, 15) is 0 Å². The number of nitrogens with zero attached hydrogens (tertiary/aromatic N) is 1. The first-order valence-electron chi connectivity index (χ1n) is 4.67. The van der Waals surface area contributed by atoms with Crippen molar-refractivity contribution in [1.29, 1.82) is 0 Å². The molecule has 0 aliphatic rings. The lowest BCUT2D eigenvalue weighted by Gasteiger charge is -1.98. The lowest BCUT2D eigenvalue weighted by molar-refractivity contribution is 1.05. The van der Waals surface area contributed by atoms with Crippen LogP contribution in [0.1, 0.15) is 12.6 Å². The third kappa shape index (κ3) is 3.85. The van der Waals surface area contributed by atoms with Crippen molar-refractivity contribution in [1.82, 2.24) is 4.98 Å². The van der Waals surface area contributed by atoms with Gasteiger partial charge in [-0.2, -0.15) is 0 Å². The first kappa shape index (κ1) is 10.5. The Morgan fingerprint density at radius 3 is 2.93 bits per heavy atom. The number of pyridine rings is 1. The van der Waals surface area contributed by atoms with Gasteiger partial charge in [-0.25, -0.2) is 0 Å². The zero-order chi connectivity index (χ0) is 10.2. The molecule has 0 atom stereocenters. The summed E-state index contributed by atoms with van der Waals surface area (Å²) in [5.41, 5.74) is 2.40. The molecule has 14 heavy (non-hydrogen) atoms. The van der Waals surface area contributed by atoms with Gasteiger partial charge in [-0.15, -0.1) is 0 Å². The van der Waals surface area contributed by atoms with Crippen LogP contribution in [-0.2, 0) is 6.42 Å². The number of hydrogen-bond donors (Lipinski definition) is 0. The largest absolute Gasteiger partial charge is 0.261 e. The molecule has 0 aliphatic heterocycles. The van der Waals surface area contributed by atoms with Gasteiger partial charge in [0.25, 0.3) is 0 Å². The summed E-state index contributed by atoms with van der Waals surface area (Å²) in [7, 11) is 0. The summed E-state index contributed by atoms with van der Waals surface area (Å²) in [4.78, 5) is 4.26. The topological polar surface area (TPSA) is 12.9 Å². The SMILES string of the molecule is C=C/C=C\C=C(/C)Cc1ccccn1. The maximum absolute atomic E-state index is 4.26. The maximum atomic E-state index is 4.26. The van der Waals surface area contributed by atoms with Gasteiger partial charge in [0.05, 0.1) is 0 Å². The Morgan fingerprint density at radius 1 is 1.43 bits per heavy atom. The van der Waals surface area contributed by atoms with E-state index in [4.69, 9.17) is 0 Å². The van der Waals surface area contributed by atoms with Crippen LogP contribution in [0.25, 0.3) is 0 Å². The minimum atomic E-state index is 0.905. The molecule has 0 saturated carbocycles. The van der Waals surface area contributed by atoms with Crippen molar-refractivity contribution in [2.45, 2.75) is 13.3 Å².